The van der Waals surface area contributed by atoms with Gasteiger partial charge in [0.1, 0.15) is 36.5 Å². The van der Waals surface area contributed by atoms with Crippen molar-refractivity contribution < 1.29 is 33.9 Å². The lowest BCUT2D eigenvalue weighted by Crippen LogP contribution is -2.71. The number of hydrogen-bond donors (Lipinski definition) is 4. The SMILES string of the molecule is CON=C(C(=O)N[C@@H]1C(=O)N2C(C(=O)O)=C(COC(C)=O)CS[C@@H]12)c1csc(=N)n1N. The number of nitrogen functional groups attached to an aromatic ring is 1. The van der Waals surface area contributed by atoms with Crippen LogP contribution in [0.2, 0.25) is 0 Å². The van der Waals surface area contributed by atoms with Gasteiger partial charge in [-0.25, -0.2) is 9.47 Å². The molecule has 0 unspecified atom stereocenters. The second kappa shape index (κ2) is 8.81. The highest BCUT2D eigenvalue weighted by Crippen LogP contribution is 2.40. The number of carboxylic acids is 1. The van der Waals surface area contributed by atoms with Crippen LogP contribution in [0.5, 0.6) is 0 Å². The zero-order chi connectivity index (χ0) is 22.9. The second-order valence-corrected chi connectivity index (χ2v) is 8.28. The maximum Gasteiger partial charge on any atom is 0.352 e. The third-order valence-electron chi connectivity index (χ3n) is 4.39. The number of hydrogen-bond acceptors (Lipinski definition) is 11. The van der Waals surface area contributed by atoms with E-state index in [1.165, 1.54) is 31.2 Å². The van der Waals surface area contributed by atoms with Crippen molar-refractivity contribution in [2.24, 2.45) is 5.16 Å². The van der Waals surface area contributed by atoms with Gasteiger partial charge in [0.25, 0.3) is 11.8 Å². The number of thiazole rings is 1. The van der Waals surface area contributed by atoms with Crippen LogP contribution in [0.4, 0.5) is 0 Å². The van der Waals surface area contributed by atoms with Crippen LogP contribution >= 0.6 is 23.1 Å². The monoisotopic (exact) mass is 470 g/mol. The van der Waals surface area contributed by atoms with E-state index in [4.69, 9.17) is 20.8 Å². The number of esters is 1. The van der Waals surface area contributed by atoms with Gasteiger partial charge < -0.3 is 25.8 Å². The number of nitrogens with one attached hydrogen (secondary N) is 2. The molecule has 1 fully saturated rings. The van der Waals surface area contributed by atoms with Gasteiger partial charge in [0.05, 0.1) is 0 Å². The molecule has 2 aliphatic rings. The molecule has 0 bridgehead atoms. The fourth-order valence-corrected chi connectivity index (χ4v) is 4.98. The Hall–Kier alpha value is -3.33. The summed E-state index contributed by atoms with van der Waals surface area (Å²) in [5.74, 6) is 2.62. The van der Waals surface area contributed by atoms with Crippen molar-refractivity contribution in [2.75, 3.05) is 25.3 Å². The molecular weight excluding hydrogens is 452 g/mol. The zero-order valence-electron chi connectivity index (χ0n) is 16.3. The number of aliphatic carboxylic acids is 1. The first-order valence-corrected chi connectivity index (χ1v) is 10.6. The zero-order valence-corrected chi connectivity index (χ0v) is 17.9. The molecule has 31 heavy (non-hydrogen) atoms. The first-order valence-electron chi connectivity index (χ1n) is 8.63. The first-order chi connectivity index (χ1) is 14.7. The Kier molecular flexibility index (Phi) is 6.35. The van der Waals surface area contributed by atoms with Gasteiger partial charge in [-0.1, -0.05) is 5.16 Å². The summed E-state index contributed by atoms with van der Waals surface area (Å²) in [6.45, 7) is 0.952. The molecule has 0 saturated carbocycles. The third-order valence-corrected chi connectivity index (χ3v) is 6.49. The molecule has 5 N–H and O–H groups in total. The Morgan fingerprint density at radius 3 is 2.71 bits per heavy atom. The summed E-state index contributed by atoms with van der Waals surface area (Å²) < 4.78 is 5.82. The molecule has 166 valence electrons. The van der Waals surface area contributed by atoms with Gasteiger partial charge in [-0.05, 0) is 0 Å². The van der Waals surface area contributed by atoms with Crippen molar-refractivity contribution in [3.05, 3.63) is 27.1 Å². The van der Waals surface area contributed by atoms with E-state index < -0.39 is 35.2 Å². The van der Waals surface area contributed by atoms with E-state index in [0.717, 1.165) is 20.9 Å². The van der Waals surface area contributed by atoms with E-state index in [0.29, 0.717) is 0 Å². The maximum absolute atomic E-state index is 12.8. The summed E-state index contributed by atoms with van der Waals surface area (Å²) in [6.07, 6.45) is 0. The number of aromatic nitrogens is 1. The average molecular weight is 470 g/mol. The fourth-order valence-electron chi connectivity index (χ4n) is 2.99. The summed E-state index contributed by atoms with van der Waals surface area (Å²) in [7, 11) is 1.23. The lowest BCUT2D eigenvalue weighted by molar-refractivity contribution is -0.150. The molecule has 13 nitrogen and oxygen atoms in total. The molecule has 2 amide bonds. The third kappa shape index (κ3) is 4.13. The average Bonchev–Trinajstić information content (AvgIpc) is 3.05. The maximum atomic E-state index is 12.8. The van der Waals surface area contributed by atoms with Crippen LogP contribution in [0, 0.1) is 5.41 Å². The van der Waals surface area contributed by atoms with Gasteiger partial charge in [-0.2, -0.15) is 0 Å². The minimum atomic E-state index is -1.34. The van der Waals surface area contributed by atoms with Gasteiger partial charge >= 0.3 is 11.9 Å². The number of carboxylic acid groups (broad SMARTS) is 1. The molecule has 0 spiro atoms. The highest BCUT2D eigenvalue weighted by molar-refractivity contribution is 8.00. The molecule has 1 aromatic rings. The lowest BCUT2D eigenvalue weighted by atomic mass is 10.0. The van der Waals surface area contributed by atoms with Crippen molar-refractivity contribution in [1.82, 2.24) is 14.9 Å². The number of nitrogens with zero attached hydrogens (tertiary/aromatic N) is 3. The van der Waals surface area contributed by atoms with Crippen molar-refractivity contribution in [1.29, 1.82) is 5.41 Å². The molecule has 3 rings (SSSR count). The first kappa shape index (κ1) is 22.4. The summed E-state index contributed by atoms with van der Waals surface area (Å²) in [4.78, 5) is 53.9. The highest BCUT2D eigenvalue weighted by Gasteiger charge is 2.54. The predicted molar refractivity (Wildman–Crippen MR) is 108 cm³/mol. The normalized spacial score (nSPS) is 20.6. The Morgan fingerprint density at radius 1 is 1.45 bits per heavy atom. The molecule has 1 aromatic heterocycles. The van der Waals surface area contributed by atoms with Gasteiger partial charge in [0.2, 0.25) is 4.80 Å². The van der Waals surface area contributed by atoms with Crippen LogP contribution in [-0.2, 0) is 28.8 Å². The fraction of sp³-hybridized carbons (Fsp3) is 0.375. The van der Waals surface area contributed by atoms with Crippen LogP contribution in [-0.4, -0.2) is 75.0 Å². The van der Waals surface area contributed by atoms with Crippen molar-refractivity contribution in [2.45, 2.75) is 18.3 Å². The molecule has 3 heterocycles. The highest BCUT2D eigenvalue weighted by atomic mass is 32.2. The summed E-state index contributed by atoms with van der Waals surface area (Å²) in [5, 5.41) is 24.2. The molecular formula is C16H18N6O7S2. The largest absolute Gasteiger partial charge is 0.477 e. The number of rotatable bonds is 7. The number of amides is 2. The molecule has 0 radical (unpaired) electrons. The molecule has 0 aliphatic carbocycles. The predicted octanol–water partition coefficient (Wildman–Crippen LogP) is -1.60. The molecule has 1 saturated heterocycles. The minimum Gasteiger partial charge on any atom is -0.477 e. The van der Waals surface area contributed by atoms with E-state index >= 15 is 0 Å². The van der Waals surface area contributed by atoms with Crippen LogP contribution < -0.4 is 16.0 Å². The summed E-state index contributed by atoms with van der Waals surface area (Å²) in [6, 6.07) is -1.01. The molecule has 2 aliphatic heterocycles. The number of ether oxygens (including phenoxy) is 1. The number of fused-ring (bicyclic) bond motifs is 1. The number of carbonyl (C=O) groups is 4. The smallest absolute Gasteiger partial charge is 0.352 e. The Labute approximate surface area is 182 Å². The number of thioether (sulfide) groups is 1. The van der Waals surface area contributed by atoms with Crippen molar-refractivity contribution >= 4 is 52.6 Å². The summed E-state index contributed by atoms with van der Waals surface area (Å²) in [5.41, 5.74) is -0.0997. The van der Waals surface area contributed by atoms with E-state index in [9.17, 15) is 24.3 Å². The number of carbonyl (C=O) groups excluding carboxylic acids is 3. The van der Waals surface area contributed by atoms with E-state index in [1.54, 1.807) is 0 Å². The quantitative estimate of drug-likeness (QED) is 0.119. The molecule has 15 heteroatoms. The molecule has 0 aromatic carbocycles. The Balaban J connectivity index is 1.80. The van der Waals surface area contributed by atoms with Gasteiger partial charge in [0.15, 0.2) is 5.71 Å². The van der Waals surface area contributed by atoms with E-state index in [2.05, 4.69) is 10.5 Å². The van der Waals surface area contributed by atoms with Gasteiger partial charge in [-0.15, -0.1) is 23.1 Å². The minimum absolute atomic E-state index is 0.0307. The van der Waals surface area contributed by atoms with Crippen LogP contribution in [0.15, 0.2) is 21.8 Å². The van der Waals surface area contributed by atoms with E-state index in [1.807, 2.05) is 0 Å². The number of oxime groups is 1. The van der Waals surface area contributed by atoms with Gasteiger partial charge in [-0.3, -0.25) is 24.7 Å². The summed E-state index contributed by atoms with van der Waals surface area (Å²) >= 11 is 2.20. The van der Waals surface area contributed by atoms with Crippen molar-refractivity contribution in [3.63, 3.8) is 0 Å². The Bertz CT molecular complexity index is 1070. The van der Waals surface area contributed by atoms with Crippen molar-refractivity contribution in [3.8, 4) is 0 Å². The van der Waals surface area contributed by atoms with Crippen LogP contribution in [0.1, 0.15) is 12.6 Å². The number of β-lactam (4-membered cyclic amide) rings is 1. The van der Waals surface area contributed by atoms with E-state index in [-0.39, 0.29) is 39.8 Å². The standard InChI is InChI=1S/C16H18N6O7S2/c1-6(23)29-3-7-4-30-14-10(13(25)21(14)11(7)15(26)27)19-12(24)9(20-28-2)8-5-31-16(17)22(8)18/h5,10,14,17H,3-4,18H2,1-2H3,(H,19,24)(H,26,27)/t10-,14+/m1/s1. The second-order valence-electron chi connectivity index (χ2n) is 6.32. The topological polar surface area (TPSA) is 189 Å². The number of nitrogens with two attached hydrogens (primary N) is 1. The van der Waals surface area contributed by atoms with Crippen LogP contribution in [0.25, 0.3) is 0 Å². The Morgan fingerprint density at radius 2 is 2.16 bits per heavy atom. The van der Waals surface area contributed by atoms with Crippen LogP contribution in [0.3, 0.4) is 0 Å². The van der Waals surface area contributed by atoms with Gasteiger partial charge in [0, 0.05) is 23.6 Å². The molecule has 2 atom stereocenters. The lowest BCUT2D eigenvalue weighted by Gasteiger charge is -2.49.